The minimum atomic E-state index is 0. The SMILES string of the molecule is CCOc1ccccc1Oc1ccc(CNC(=NC)NC2CC2C)cn1.I. The van der Waals surface area contributed by atoms with E-state index in [1.807, 2.05) is 43.3 Å². The van der Waals surface area contributed by atoms with Gasteiger partial charge in [0.25, 0.3) is 0 Å². The molecule has 3 rings (SSSR count). The zero-order valence-corrected chi connectivity index (χ0v) is 18.3. The third-order valence-corrected chi connectivity index (χ3v) is 4.28. The Labute approximate surface area is 177 Å². The van der Waals surface area contributed by atoms with E-state index in [2.05, 4.69) is 27.5 Å². The number of pyridine rings is 1. The van der Waals surface area contributed by atoms with Crippen LogP contribution < -0.4 is 20.1 Å². The number of guanidine groups is 1. The molecule has 2 N–H and O–H groups in total. The van der Waals surface area contributed by atoms with Crippen LogP contribution in [-0.2, 0) is 6.54 Å². The summed E-state index contributed by atoms with van der Waals surface area (Å²) < 4.78 is 11.4. The van der Waals surface area contributed by atoms with Gasteiger partial charge in [-0.25, -0.2) is 4.98 Å². The van der Waals surface area contributed by atoms with Crippen molar-refractivity contribution < 1.29 is 9.47 Å². The molecule has 1 aromatic carbocycles. The molecule has 27 heavy (non-hydrogen) atoms. The van der Waals surface area contributed by atoms with Gasteiger partial charge in [0, 0.05) is 31.9 Å². The first-order valence-corrected chi connectivity index (χ1v) is 9.01. The van der Waals surface area contributed by atoms with E-state index in [-0.39, 0.29) is 24.0 Å². The minimum Gasteiger partial charge on any atom is -0.490 e. The highest BCUT2D eigenvalue weighted by atomic mass is 127. The highest BCUT2D eigenvalue weighted by Crippen LogP contribution is 2.30. The van der Waals surface area contributed by atoms with Crippen LogP contribution in [0.3, 0.4) is 0 Å². The number of nitrogens with one attached hydrogen (secondary N) is 2. The molecule has 2 aromatic rings. The molecular weight excluding hydrogens is 455 g/mol. The first-order valence-electron chi connectivity index (χ1n) is 9.01. The Hall–Kier alpha value is -2.03. The second-order valence-electron chi connectivity index (χ2n) is 6.38. The van der Waals surface area contributed by atoms with Gasteiger partial charge in [-0.15, -0.1) is 24.0 Å². The van der Waals surface area contributed by atoms with Gasteiger partial charge in [-0.1, -0.05) is 25.1 Å². The number of aliphatic imine (C=N–C) groups is 1. The quantitative estimate of drug-likeness (QED) is 0.355. The number of hydrogen-bond acceptors (Lipinski definition) is 4. The monoisotopic (exact) mass is 482 g/mol. The van der Waals surface area contributed by atoms with Crippen LogP contribution in [0.2, 0.25) is 0 Å². The molecule has 0 saturated heterocycles. The van der Waals surface area contributed by atoms with Crippen molar-refractivity contribution >= 4 is 29.9 Å². The molecule has 1 aliphatic rings. The Balaban J connectivity index is 0.00000261. The first-order chi connectivity index (χ1) is 12.7. The molecule has 0 amide bonds. The largest absolute Gasteiger partial charge is 0.490 e. The number of para-hydroxylation sites is 2. The summed E-state index contributed by atoms with van der Waals surface area (Å²) in [6.45, 7) is 5.43. The summed E-state index contributed by atoms with van der Waals surface area (Å²) >= 11 is 0. The lowest BCUT2D eigenvalue weighted by atomic mass is 10.3. The topological polar surface area (TPSA) is 67.8 Å². The molecular formula is C20H27IN4O2. The molecule has 1 aliphatic carbocycles. The zero-order chi connectivity index (χ0) is 18.4. The van der Waals surface area contributed by atoms with Crippen molar-refractivity contribution in [1.29, 1.82) is 0 Å². The molecule has 0 radical (unpaired) electrons. The van der Waals surface area contributed by atoms with Crippen LogP contribution in [0.25, 0.3) is 0 Å². The Bertz CT molecular complexity index is 752. The molecule has 1 saturated carbocycles. The van der Waals surface area contributed by atoms with Gasteiger partial charge in [-0.3, -0.25) is 4.99 Å². The van der Waals surface area contributed by atoms with Gasteiger partial charge in [0.2, 0.25) is 5.88 Å². The summed E-state index contributed by atoms with van der Waals surface area (Å²) in [5.41, 5.74) is 1.06. The summed E-state index contributed by atoms with van der Waals surface area (Å²) in [7, 11) is 1.79. The number of halogens is 1. The summed E-state index contributed by atoms with van der Waals surface area (Å²) in [6.07, 6.45) is 3.01. The number of rotatable bonds is 7. The van der Waals surface area contributed by atoms with Crippen molar-refractivity contribution in [3.8, 4) is 17.4 Å². The third kappa shape index (κ3) is 6.27. The lowest BCUT2D eigenvalue weighted by Crippen LogP contribution is -2.38. The highest BCUT2D eigenvalue weighted by molar-refractivity contribution is 14.0. The fourth-order valence-electron chi connectivity index (χ4n) is 2.58. The Kier molecular flexibility index (Phi) is 8.15. The third-order valence-electron chi connectivity index (χ3n) is 4.28. The van der Waals surface area contributed by atoms with Crippen LogP contribution in [0.5, 0.6) is 17.4 Å². The average molecular weight is 482 g/mol. The maximum absolute atomic E-state index is 5.84. The van der Waals surface area contributed by atoms with E-state index in [1.165, 1.54) is 6.42 Å². The van der Waals surface area contributed by atoms with E-state index >= 15 is 0 Å². The van der Waals surface area contributed by atoms with Crippen molar-refractivity contribution in [3.05, 3.63) is 48.2 Å². The molecule has 1 fully saturated rings. The van der Waals surface area contributed by atoms with Crippen LogP contribution in [0.4, 0.5) is 0 Å². The van der Waals surface area contributed by atoms with Crippen LogP contribution in [0.1, 0.15) is 25.8 Å². The number of benzene rings is 1. The number of hydrogen-bond donors (Lipinski definition) is 2. The van der Waals surface area contributed by atoms with Crippen LogP contribution >= 0.6 is 24.0 Å². The van der Waals surface area contributed by atoms with Crippen molar-refractivity contribution in [2.75, 3.05) is 13.7 Å². The van der Waals surface area contributed by atoms with E-state index in [9.17, 15) is 0 Å². The molecule has 6 nitrogen and oxygen atoms in total. The molecule has 1 aromatic heterocycles. The van der Waals surface area contributed by atoms with Gasteiger partial charge < -0.3 is 20.1 Å². The standard InChI is InChI=1S/C20H26N4O2.HI/c1-4-25-17-7-5-6-8-18(17)26-19-10-9-15(12-22-19)13-23-20(21-3)24-16-11-14(16)2;/h5-10,12,14,16H,4,11,13H2,1-3H3,(H2,21,23,24);1H. The molecule has 2 unspecified atom stereocenters. The molecule has 146 valence electrons. The molecule has 7 heteroatoms. The van der Waals surface area contributed by atoms with Gasteiger partial charge in [-0.05, 0) is 37.0 Å². The first kappa shape index (κ1) is 21.3. The van der Waals surface area contributed by atoms with E-state index in [1.54, 1.807) is 13.2 Å². The fraction of sp³-hybridized carbons (Fsp3) is 0.400. The van der Waals surface area contributed by atoms with Gasteiger partial charge in [-0.2, -0.15) is 0 Å². The van der Waals surface area contributed by atoms with Crippen LogP contribution in [0.15, 0.2) is 47.6 Å². The Morgan fingerprint density at radius 3 is 2.56 bits per heavy atom. The zero-order valence-electron chi connectivity index (χ0n) is 15.9. The smallest absolute Gasteiger partial charge is 0.219 e. The Morgan fingerprint density at radius 2 is 1.96 bits per heavy atom. The van der Waals surface area contributed by atoms with E-state index in [4.69, 9.17) is 9.47 Å². The lowest BCUT2D eigenvalue weighted by Gasteiger charge is -2.12. The minimum absolute atomic E-state index is 0. The molecule has 0 spiro atoms. The van der Waals surface area contributed by atoms with Crippen molar-refractivity contribution in [2.45, 2.75) is 32.9 Å². The van der Waals surface area contributed by atoms with Gasteiger partial charge >= 0.3 is 0 Å². The fourth-order valence-corrected chi connectivity index (χ4v) is 2.58. The molecule has 1 heterocycles. The Morgan fingerprint density at radius 1 is 1.22 bits per heavy atom. The van der Waals surface area contributed by atoms with E-state index in [0.29, 0.717) is 36.6 Å². The number of nitrogens with zero attached hydrogens (tertiary/aromatic N) is 2. The second-order valence-corrected chi connectivity index (χ2v) is 6.38. The average Bonchev–Trinajstić information content (AvgIpc) is 3.36. The number of aromatic nitrogens is 1. The van der Waals surface area contributed by atoms with Gasteiger partial charge in [0.15, 0.2) is 17.5 Å². The van der Waals surface area contributed by atoms with Crippen LogP contribution in [-0.4, -0.2) is 30.6 Å². The van der Waals surface area contributed by atoms with E-state index in [0.717, 1.165) is 17.4 Å². The van der Waals surface area contributed by atoms with Crippen molar-refractivity contribution in [2.24, 2.45) is 10.9 Å². The summed E-state index contributed by atoms with van der Waals surface area (Å²) in [6, 6.07) is 12.0. The van der Waals surface area contributed by atoms with Gasteiger partial charge in [0.05, 0.1) is 6.61 Å². The van der Waals surface area contributed by atoms with Gasteiger partial charge in [0.1, 0.15) is 0 Å². The normalized spacial score (nSPS) is 18.3. The van der Waals surface area contributed by atoms with E-state index < -0.39 is 0 Å². The summed E-state index contributed by atoms with van der Waals surface area (Å²) in [5.74, 6) is 3.47. The maximum atomic E-state index is 5.84. The maximum Gasteiger partial charge on any atom is 0.219 e. The van der Waals surface area contributed by atoms with Crippen LogP contribution in [0, 0.1) is 5.92 Å². The lowest BCUT2D eigenvalue weighted by molar-refractivity contribution is 0.319. The highest BCUT2D eigenvalue weighted by Gasteiger charge is 2.33. The van der Waals surface area contributed by atoms with Crippen molar-refractivity contribution in [3.63, 3.8) is 0 Å². The molecule has 2 atom stereocenters. The second kappa shape index (κ2) is 10.3. The van der Waals surface area contributed by atoms with Crippen molar-refractivity contribution in [1.82, 2.24) is 15.6 Å². The number of ether oxygens (including phenoxy) is 2. The predicted octanol–water partition coefficient (Wildman–Crippen LogP) is 3.96. The summed E-state index contributed by atoms with van der Waals surface area (Å²) in [4.78, 5) is 8.64. The molecule has 0 aliphatic heterocycles. The molecule has 0 bridgehead atoms. The summed E-state index contributed by atoms with van der Waals surface area (Å²) in [5, 5.41) is 6.71. The predicted molar refractivity (Wildman–Crippen MR) is 118 cm³/mol.